The minimum atomic E-state index is 0.956. The first kappa shape index (κ1) is 15.5. The highest BCUT2D eigenvalue weighted by atomic mass is 15.1. The van der Waals surface area contributed by atoms with E-state index in [4.69, 9.17) is 0 Å². The van der Waals surface area contributed by atoms with Gasteiger partial charge in [-0.1, -0.05) is 12.2 Å². The van der Waals surface area contributed by atoms with Crippen molar-refractivity contribution < 1.29 is 0 Å². The Hall–Kier alpha value is -1.57. The van der Waals surface area contributed by atoms with Crippen molar-refractivity contribution >= 4 is 12.0 Å². The second kappa shape index (κ2) is 6.55. The number of aliphatic imine (C=N–C) groups is 1. The van der Waals surface area contributed by atoms with Crippen LogP contribution in [0.25, 0.3) is 0 Å². The second-order valence-corrected chi connectivity index (χ2v) is 5.39. The van der Waals surface area contributed by atoms with Crippen LogP contribution in [0.4, 0.5) is 5.69 Å². The summed E-state index contributed by atoms with van der Waals surface area (Å²) in [6.45, 7) is 15.7. The molecule has 0 atom stereocenters. The number of hydrogen-bond acceptors (Lipinski definition) is 1. The van der Waals surface area contributed by atoms with Crippen LogP contribution in [0.2, 0.25) is 0 Å². The Kier molecular flexibility index (Phi) is 5.34. The average Bonchev–Trinajstić information content (AvgIpc) is 2.36. The Morgan fingerprint density at radius 3 is 2.47 bits per heavy atom. The molecule has 0 amide bonds. The maximum Gasteiger partial charge on any atom is 0.0909 e. The predicted molar refractivity (Wildman–Crippen MR) is 85.6 cm³/mol. The molecule has 104 valence electrons. The Morgan fingerprint density at radius 1 is 1.32 bits per heavy atom. The summed E-state index contributed by atoms with van der Waals surface area (Å²) in [6, 6.07) is 2.18. The average molecular weight is 258 g/mol. The van der Waals surface area contributed by atoms with E-state index in [-0.39, 0.29) is 0 Å². The summed E-state index contributed by atoms with van der Waals surface area (Å²) in [4.78, 5) is 6.67. The van der Waals surface area contributed by atoms with Crippen LogP contribution in [0.3, 0.4) is 0 Å². The fourth-order valence-electron chi connectivity index (χ4n) is 2.06. The van der Waals surface area contributed by atoms with Crippen LogP contribution in [-0.4, -0.2) is 24.8 Å². The fourth-order valence-corrected chi connectivity index (χ4v) is 2.06. The summed E-state index contributed by atoms with van der Waals surface area (Å²) in [5, 5.41) is 0. The normalized spacial score (nSPS) is 11.1. The molecule has 1 rings (SSSR count). The maximum atomic E-state index is 4.60. The second-order valence-electron chi connectivity index (χ2n) is 5.39. The molecule has 0 unspecified atom stereocenters. The van der Waals surface area contributed by atoms with Gasteiger partial charge >= 0.3 is 0 Å². The smallest absolute Gasteiger partial charge is 0.0909 e. The summed E-state index contributed by atoms with van der Waals surface area (Å²) in [5.41, 5.74) is 7.58. The van der Waals surface area contributed by atoms with Crippen molar-refractivity contribution in [3.05, 3.63) is 40.5 Å². The molecule has 0 N–H and O–H groups in total. The van der Waals surface area contributed by atoms with E-state index in [0.717, 1.165) is 18.7 Å². The number of allylic oxidation sites excluding steroid dienone is 1. The Bertz CT molecular complexity index is 498. The van der Waals surface area contributed by atoms with E-state index in [1.54, 1.807) is 0 Å². The minimum absolute atomic E-state index is 0.956. The number of rotatable bonds is 5. The van der Waals surface area contributed by atoms with Gasteiger partial charge < -0.3 is 4.90 Å². The lowest BCUT2D eigenvalue weighted by Gasteiger charge is -2.15. The van der Waals surface area contributed by atoms with E-state index in [1.165, 1.54) is 27.8 Å². The molecular formula is C17H26N2. The first-order valence-corrected chi connectivity index (χ1v) is 6.85. The first-order chi connectivity index (χ1) is 8.86. The van der Waals surface area contributed by atoms with Gasteiger partial charge in [-0.15, -0.1) is 0 Å². The van der Waals surface area contributed by atoms with Gasteiger partial charge in [0.15, 0.2) is 0 Å². The molecule has 0 aliphatic carbocycles. The van der Waals surface area contributed by atoms with Crippen molar-refractivity contribution in [2.24, 2.45) is 4.99 Å². The molecule has 0 aromatic heterocycles. The molecule has 0 spiro atoms. The maximum absolute atomic E-state index is 4.60. The van der Waals surface area contributed by atoms with E-state index in [1.807, 2.05) is 13.4 Å². The van der Waals surface area contributed by atoms with E-state index in [0.29, 0.717) is 0 Å². The van der Waals surface area contributed by atoms with Crippen molar-refractivity contribution in [1.29, 1.82) is 0 Å². The van der Waals surface area contributed by atoms with Gasteiger partial charge in [-0.25, -0.2) is 4.99 Å². The van der Waals surface area contributed by atoms with Crippen LogP contribution in [0.15, 0.2) is 23.2 Å². The van der Waals surface area contributed by atoms with Crippen molar-refractivity contribution in [3.63, 3.8) is 0 Å². The van der Waals surface area contributed by atoms with Crippen LogP contribution in [-0.2, 0) is 6.42 Å². The van der Waals surface area contributed by atoms with Crippen molar-refractivity contribution in [2.75, 3.05) is 13.6 Å². The minimum Gasteiger partial charge on any atom is -0.366 e. The number of hydrogen-bond donors (Lipinski definition) is 0. The molecular weight excluding hydrogens is 232 g/mol. The van der Waals surface area contributed by atoms with Gasteiger partial charge in [0, 0.05) is 13.6 Å². The monoisotopic (exact) mass is 258 g/mol. The zero-order chi connectivity index (χ0) is 14.6. The SMILES string of the molecule is C=C(C)Cc1c(C)cc(N=CN(C)CC)c(C)c1C. The van der Waals surface area contributed by atoms with Gasteiger partial charge in [0.25, 0.3) is 0 Å². The molecule has 0 bridgehead atoms. The number of nitrogens with zero attached hydrogens (tertiary/aromatic N) is 2. The van der Waals surface area contributed by atoms with Crippen LogP contribution in [0.1, 0.15) is 36.1 Å². The molecule has 2 heteroatoms. The molecule has 0 radical (unpaired) electrons. The van der Waals surface area contributed by atoms with Gasteiger partial charge in [0.1, 0.15) is 0 Å². The third-order valence-corrected chi connectivity index (χ3v) is 3.60. The predicted octanol–water partition coefficient (Wildman–Crippen LogP) is 4.34. The quantitative estimate of drug-likeness (QED) is 0.436. The summed E-state index contributed by atoms with van der Waals surface area (Å²) in [6.07, 6.45) is 2.86. The van der Waals surface area contributed by atoms with Gasteiger partial charge in [-0.3, -0.25) is 0 Å². The molecule has 0 aliphatic rings. The largest absolute Gasteiger partial charge is 0.366 e. The first-order valence-electron chi connectivity index (χ1n) is 6.85. The number of benzene rings is 1. The van der Waals surface area contributed by atoms with Gasteiger partial charge in [0.2, 0.25) is 0 Å². The lowest BCUT2D eigenvalue weighted by Crippen LogP contribution is -2.14. The lowest BCUT2D eigenvalue weighted by molar-refractivity contribution is 0.552. The highest BCUT2D eigenvalue weighted by Gasteiger charge is 2.09. The molecule has 0 saturated heterocycles. The number of aryl methyl sites for hydroxylation is 1. The van der Waals surface area contributed by atoms with Crippen molar-refractivity contribution in [1.82, 2.24) is 4.90 Å². The third kappa shape index (κ3) is 3.95. The summed E-state index contributed by atoms with van der Waals surface area (Å²) < 4.78 is 0. The van der Waals surface area contributed by atoms with Crippen LogP contribution in [0, 0.1) is 20.8 Å². The van der Waals surface area contributed by atoms with E-state index < -0.39 is 0 Å². The zero-order valence-electron chi connectivity index (χ0n) is 13.2. The topological polar surface area (TPSA) is 15.6 Å². The molecule has 1 aromatic carbocycles. The molecule has 1 aromatic rings. The van der Waals surface area contributed by atoms with Gasteiger partial charge in [0.05, 0.1) is 12.0 Å². The van der Waals surface area contributed by atoms with Crippen molar-refractivity contribution in [2.45, 2.75) is 41.0 Å². The standard InChI is InChI=1S/C17H26N2/c1-8-19(7)11-18-17-10-13(4)16(9-12(2)3)14(5)15(17)6/h10-11H,2,8-9H2,1,3-7H3. The molecule has 0 saturated carbocycles. The summed E-state index contributed by atoms with van der Waals surface area (Å²) in [7, 11) is 2.04. The van der Waals surface area contributed by atoms with Crippen LogP contribution < -0.4 is 0 Å². The molecule has 0 fully saturated rings. The van der Waals surface area contributed by atoms with Crippen LogP contribution in [0.5, 0.6) is 0 Å². The Balaban J connectivity index is 3.17. The Morgan fingerprint density at radius 2 is 1.95 bits per heavy atom. The highest BCUT2D eigenvalue weighted by Crippen LogP contribution is 2.29. The third-order valence-electron chi connectivity index (χ3n) is 3.60. The molecule has 0 aliphatic heterocycles. The fraction of sp³-hybridized carbons (Fsp3) is 0.471. The van der Waals surface area contributed by atoms with Crippen molar-refractivity contribution in [3.8, 4) is 0 Å². The summed E-state index contributed by atoms with van der Waals surface area (Å²) >= 11 is 0. The molecule has 2 nitrogen and oxygen atoms in total. The lowest BCUT2D eigenvalue weighted by atomic mass is 9.93. The van der Waals surface area contributed by atoms with E-state index in [2.05, 4.69) is 57.2 Å². The van der Waals surface area contributed by atoms with E-state index >= 15 is 0 Å². The molecule has 0 heterocycles. The zero-order valence-corrected chi connectivity index (χ0v) is 13.2. The molecule has 19 heavy (non-hydrogen) atoms. The van der Waals surface area contributed by atoms with Gasteiger partial charge in [-0.05, 0) is 69.4 Å². The van der Waals surface area contributed by atoms with E-state index in [9.17, 15) is 0 Å². The summed E-state index contributed by atoms with van der Waals surface area (Å²) in [5.74, 6) is 0. The van der Waals surface area contributed by atoms with Gasteiger partial charge in [-0.2, -0.15) is 0 Å². The highest BCUT2D eigenvalue weighted by molar-refractivity contribution is 5.65. The van der Waals surface area contributed by atoms with Crippen LogP contribution >= 0.6 is 0 Å². The Labute approximate surface area is 117 Å².